The molecule has 6 rings (SSSR count). The van der Waals surface area contributed by atoms with Crippen LogP contribution in [-0.2, 0) is 4.74 Å². The van der Waals surface area contributed by atoms with Crippen molar-refractivity contribution in [3.63, 3.8) is 0 Å². The summed E-state index contributed by atoms with van der Waals surface area (Å²) >= 11 is 0. The van der Waals surface area contributed by atoms with Gasteiger partial charge in [0.25, 0.3) is 5.92 Å². The van der Waals surface area contributed by atoms with Crippen LogP contribution in [0.1, 0.15) is 10.5 Å². The van der Waals surface area contributed by atoms with E-state index in [2.05, 4.69) is 25.4 Å². The number of nitrogens with zero attached hydrogens (tertiary/aromatic N) is 7. The number of piperidine rings is 1. The Morgan fingerprint density at radius 3 is 3.00 bits per heavy atom. The third kappa shape index (κ3) is 3.45. The van der Waals surface area contributed by atoms with Crippen LogP contribution in [0.3, 0.4) is 0 Å². The van der Waals surface area contributed by atoms with Gasteiger partial charge in [0.15, 0.2) is 0 Å². The van der Waals surface area contributed by atoms with E-state index in [4.69, 9.17) is 13.6 Å². The van der Waals surface area contributed by atoms with Crippen molar-refractivity contribution in [1.29, 1.82) is 0 Å². The Morgan fingerprint density at radius 1 is 1.30 bits per heavy atom. The van der Waals surface area contributed by atoms with Crippen LogP contribution < -0.4 is 10.1 Å². The van der Waals surface area contributed by atoms with Crippen LogP contribution in [0.25, 0.3) is 22.4 Å². The number of nitrogens with one attached hydrogen (secondary N) is 1. The fraction of sp³-hybridized carbons (Fsp3) is 0.429. The van der Waals surface area contributed by atoms with Crippen molar-refractivity contribution < 1.29 is 22.4 Å². The van der Waals surface area contributed by atoms with E-state index in [1.165, 1.54) is 4.52 Å². The van der Waals surface area contributed by atoms with E-state index >= 15 is 0 Å². The average molecular weight is 459 g/mol. The first-order valence-corrected chi connectivity index (χ1v) is 10.5. The van der Waals surface area contributed by atoms with Crippen LogP contribution in [0, 0.1) is 0 Å². The molecule has 2 aliphatic rings. The zero-order chi connectivity index (χ0) is 25.1. The summed E-state index contributed by atoms with van der Waals surface area (Å²) in [4.78, 5) is 14.3. The lowest BCUT2D eigenvalue weighted by Crippen LogP contribution is -2.61. The monoisotopic (exact) mass is 459 g/mol. The average Bonchev–Trinajstić information content (AvgIpc) is 3.39. The summed E-state index contributed by atoms with van der Waals surface area (Å²) in [5, 5.41) is 7.05. The molecule has 172 valence electrons. The molecule has 0 aliphatic carbocycles. The van der Waals surface area contributed by atoms with Crippen LogP contribution in [0.4, 0.5) is 14.7 Å². The molecular weight excluding hydrogens is 434 g/mol. The Bertz CT molecular complexity index is 1420. The second-order valence-corrected chi connectivity index (χ2v) is 8.25. The molecule has 2 aliphatic heterocycles. The second-order valence-electron chi connectivity index (χ2n) is 8.25. The molecule has 0 bridgehead atoms. The second kappa shape index (κ2) is 7.59. The number of likely N-dealkylation sites (tertiary alicyclic amines) is 1. The lowest BCUT2D eigenvalue weighted by atomic mass is 9.98. The van der Waals surface area contributed by atoms with Gasteiger partial charge in [0.2, 0.25) is 17.6 Å². The first-order valence-electron chi connectivity index (χ1n) is 12.0. The predicted octanol–water partition coefficient (Wildman–Crippen LogP) is 1.97. The number of alkyl halides is 2. The minimum absolute atomic E-state index is 0.0121. The number of imidazole rings is 1. The van der Waals surface area contributed by atoms with Gasteiger partial charge in [-0.1, -0.05) is 0 Å². The quantitative estimate of drug-likeness (QED) is 0.484. The standard InChI is InChI=1S/C21H22F2N8O2/c1-32-18-17-15(13-8-25-20-24-4-7-29(20)9-13)2-6-31(17)28-19(27-18)26-16-3-5-30(12-21(16,22)23)14-10-33-11-14/h2,4,6-9,14,16H,3,5,10-12H2,1H3,(H,26,28)/t16-/m1/s1/i1D3. The number of aromatic nitrogens is 6. The summed E-state index contributed by atoms with van der Waals surface area (Å²) in [5.41, 5.74) is 1.47. The molecule has 0 amide bonds. The molecular formula is C21H22F2N8O2. The van der Waals surface area contributed by atoms with Gasteiger partial charge in [-0.3, -0.25) is 9.30 Å². The smallest absolute Gasteiger partial charge is 0.280 e. The van der Waals surface area contributed by atoms with Gasteiger partial charge in [-0.2, -0.15) is 4.98 Å². The lowest BCUT2D eigenvalue weighted by Gasteiger charge is -2.44. The van der Waals surface area contributed by atoms with Crippen LogP contribution in [0.2, 0.25) is 0 Å². The molecule has 1 atom stereocenters. The maximum Gasteiger partial charge on any atom is 0.280 e. The molecule has 33 heavy (non-hydrogen) atoms. The summed E-state index contributed by atoms with van der Waals surface area (Å²) in [5.74, 6) is -2.96. The van der Waals surface area contributed by atoms with E-state index in [1.807, 2.05) is 0 Å². The van der Waals surface area contributed by atoms with Gasteiger partial charge >= 0.3 is 0 Å². The van der Waals surface area contributed by atoms with Gasteiger partial charge in [-0.05, 0) is 12.5 Å². The molecule has 1 N–H and O–H groups in total. The third-order valence-corrected chi connectivity index (χ3v) is 6.20. The summed E-state index contributed by atoms with van der Waals surface area (Å²) in [7, 11) is -2.82. The highest BCUT2D eigenvalue weighted by Gasteiger charge is 2.47. The zero-order valence-corrected chi connectivity index (χ0v) is 17.4. The van der Waals surface area contributed by atoms with Crippen molar-refractivity contribution in [3.05, 3.63) is 37.1 Å². The fourth-order valence-corrected chi connectivity index (χ4v) is 4.36. The number of hydrogen-bond donors (Lipinski definition) is 1. The van der Waals surface area contributed by atoms with Crippen LogP contribution in [0.5, 0.6) is 5.88 Å². The van der Waals surface area contributed by atoms with Gasteiger partial charge in [-0.15, -0.1) is 5.10 Å². The predicted molar refractivity (Wildman–Crippen MR) is 115 cm³/mol. The molecule has 4 aromatic rings. The van der Waals surface area contributed by atoms with Gasteiger partial charge in [-0.25, -0.2) is 23.3 Å². The van der Waals surface area contributed by atoms with Gasteiger partial charge in [0.1, 0.15) is 5.52 Å². The zero-order valence-electron chi connectivity index (χ0n) is 20.4. The Labute approximate surface area is 191 Å². The maximum absolute atomic E-state index is 15.0. The Morgan fingerprint density at radius 2 is 2.21 bits per heavy atom. The third-order valence-electron chi connectivity index (χ3n) is 6.20. The maximum atomic E-state index is 15.0. The Kier molecular flexibility index (Phi) is 3.94. The van der Waals surface area contributed by atoms with Crippen molar-refractivity contribution in [1.82, 2.24) is 33.9 Å². The molecule has 4 aromatic heterocycles. The van der Waals surface area contributed by atoms with Crippen LogP contribution >= 0.6 is 0 Å². The molecule has 2 fully saturated rings. The van der Waals surface area contributed by atoms with Crippen LogP contribution in [0.15, 0.2) is 37.1 Å². The summed E-state index contributed by atoms with van der Waals surface area (Å²) in [6.07, 6.45) is 8.44. The number of anilines is 1. The molecule has 0 saturated carbocycles. The van der Waals surface area contributed by atoms with E-state index in [0.29, 0.717) is 36.7 Å². The van der Waals surface area contributed by atoms with Crippen molar-refractivity contribution >= 4 is 17.2 Å². The molecule has 0 spiro atoms. The highest BCUT2D eigenvalue weighted by Crippen LogP contribution is 2.34. The minimum Gasteiger partial charge on any atom is -0.479 e. The lowest BCUT2D eigenvalue weighted by molar-refractivity contribution is -0.131. The number of ether oxygens (including phenoxy) is 2. The summed E-state index contributed by atoms with van der Waals surface area (Å²) < 4.78 is 66.2. The van der Waals surface area contributed by atoms with Gasteiger partial charge in [0, 0.05) is 48.7 Å². The van der Waals surface area contributed by atoms with Crippen molar-refractivity contribution in [2.24, 2.45) is 0 Å². The Hall–Kier alpha value is -3.38. The van der Waals surface area contributed by atoms with E-state index < -0.39 is 25.5 Å². The first kappa shape index (κ1) is 17.1. The SMILES string of the molecule is [2H]C([2H])([2H])Oc1nc(N[C@@H]2CCN(C3COC3)CC2(F)F)nn2ccc(-c3cnc4nccn4c3)c12. The summed E-state index contributed by atoms with van der Waals surface area (Å²) in [6.45, 7) is 0.989. The molecule has 0 radical (unpaired) electrons. The van der Waals surface area contributed by atoms with Crippen molar-refractivity contribution in [3.8, 4) is 17.0 Å². The highest BCUT2D eigenvalue weighted by molar-refractivity contribution is 5.84. The number of hydrogen-bond acceptors (Lipinski definition) is 8. The molecule has 6 heterocycles. The van der Waals surface area contributed by atoms with E-state index in [9.17, 15) is 8.78 Å². The summed E-state index contributed by atoms with van der Waals surface area (Å²) in [6, 6.07) is 0.488. The largest absolute Gasteiger partial charge is 0.479 e. The molecule has 0 unspecified atom stereocenters. The van der Waals surface area contributed by atoms with Gasteiger partial charge < -0.3 is 14.8 Å². The number of halogens is 2. The molecule has 12 heteroatoms. The topological polar surface area (TPSA) is 94.1 Å². The number of rotatable bonds is 5. The molecule has 10 nitrogen and oxygen atoms in total. The van der Waals surface area contributed by atoms with Crippen molar-refractivity contribution in [2.45, 2.75) is 24.4 Å². The van der Waals surface area contributed by atoms with E-state index in [0.717, 1.165) is 0 Å². The van der Waals surface area contributed by atoms with Crippen molar-refractivity contribution in [2.75, 3.05) is 38.7 Å². The minimum atomic E-state index is -3.05. The normalized spacial score (nSPS) is 23.1. The Balaban J connectivity index is 1.34. The van der Waals surface area contributed by atoms with Crippen LogP contribution in [-0.4, -0.2) is 85.2 Å². The molecule has 0 aromatic carbocycles. The molecule has 2 saturated heterocycles. The number of methoxy groups -OCH3 is 1. The number of fused-ring (bicyclic) bond motifs is 2. The van der Waals surface area contributed by atoms with E-state index in [-0.39, 0.29) is 29.8 Å². The highest BCUT2D eigenvalue weighted by atomic mass is 19.3. The van der Waals surface area contributed by atoms with E-state index in [1.54, 1.807) is 46.4 Å². The van der Waals surface area contributed by atoms with Gasteiger partial charge in [0.05, 0.1) is 43.0 Å². The fourth-order valence-electron chi connectivity index (χ4n) is 4.36. The first-order chi connectivity index (χ1) is 17.2.